The molecule has 26 heavy (non-hydrogen) atoms. The highest BCUT2D eigenvalue weighted by atomic mass is 16.4. The second-order valence-electron chi connectivity index (χ2n) is 9.03. The monoisotopic (exact) mass is 359 g/mol. The van der Waals surface area contributed by atoms with E-state index in [2.05, 4.69) is 50.2 Å². The molecule has 0 fully saturated rings. The summed E-state index contributed by atoms with van der Waals surface area (Å²) in [5.74, 6) is 3.18. The highest BCUT2D eigenvalue weighted by molar-refractivity contribution is 5.74. The smallest absolute Gasteiger partial charge is 0.315 e. The molecule has 2 aromatic rings. The Hall–Kier alpha value is -2.24. The van der Waals surface area contributed by atoms with Gasteiger partial charge >= 0.3 is 6.03 Å². The van der Waals surface area contributed by atoms with Gasteiger partial charge in [0.15, 0.2) is 0 Å². The SMILES string of the molecule is Cc1cc2c(o1)CC(C)(C)CC2NC(=O)NCc1ncc(C(C)(C)C)o1. The van der Waals surface area contributed by atoms with Crippen LogP contribution in [-0.2, 0) is 18.4 Å². The minimum absolute atomic E-state index is 0.0547. The Morgan fingerprint density at radius 1 is 1.35 bits per heavy atom. The average Bonchev–Trinajstić information content (AvgIpc) is 3.09. The molecule has 2 amide bonds. The number of aromatic nitrogens is 1. The highest BCUT2D eigenvalue weighted by Gasteiger charge is 2.35. The number of carbonyl (C=O) groups is 1. The minimum Gasteiger partial charge on any atom is -0.466 e. The van der Waals surface area contributed by atoms with E-state index in [1.807, 2.05) is 13.0 Å². The zero-order valence-corrected chi connectivity index (χ0v) is 16.5. The van der Waals surface area contributed by atoms with Crippen molar-refractivity contribution < 1.29 is 13.6 Å². The molecule has 0 radical (unpaired) electrons. The third-order valence-electron chi connectivity index (χ3n) is 4.73. The van der Waals surface area contributed by atoms with Crippen molar-refractivity contribution in [1.29, 1.82) is 0 Å². The maximum Gasteiger partial charge on any atom is 0.315 e. The van der Waals surface area contributed by atoms with Gasteiger partial charge in [-0.15, -0.1) is 0 Å². The topological polar surface area (TPSA) is 80.3 Å². The maximum atomic E-state index is 12.4. The van der Waals surface area contributed by atoms with Crippen molar-refractivity contribution in [3.8, 4) is 0 Å². The van der Waals surface area contributed by atoms with Crippen molar-refractivity contribution in [3.63, 3.8) is 0 Å². The number of hydrogen-bond donors (Lipinski definition) is 2. The van der Waals surface area contributed by atoms with E-state index < -0.39 is 0 Å². The first kappa shape index (κ1) is 18.5. The van der Waals surface area contributed by atoms with E-state index in [1.54, 1.807) is 6.20 Å². The summed E-state index contributed by atoms with van der Waals surface area (Å²) in [5.41, 5.74) is 1.07. The summed E-state index contributed by atoms with van der Waals surface area (Å²) in [6.45, 7) is 12.8. The molecule has 0 aliphatic heterocycles. The molecule has 3 rings (SSSR count). The van der Waals surface area contributed by atoms with Gasteiger partial charge in [-0.25, -0.2) is 9.78 Å². The van der Waals surface area contributed by atoms with Crippen LogP contribution in [0.3, 0.4) is 0 Å². The quantitative estimate of drug-likeness (QED) is 0.852. The van der Waals surface area contributed by atoms with Crippen LogP contribution in [-0.4, -0.2) is 11.0 Å². The maximum absolute atomic E-state index is 12.4. The van der Waals surface area contributed by atoms with Gasteiger partial charge in [0, 0.05) is 17.4 Å². The third kappa shape index (κ3) is 4.11. The van der Waals surface area contributed by atoms with Crippen molar-refractivity contribution >= 4 is 6.03 Å². The molecular weight excluding hydrogens is 330 g/mol. The lowest BCUT2D eigenvalue weighted by molar-refractivity contribution is 0.213. The summed E-state index contributed by atoms with van der Waals surface area (Å²) in [7, 11) is 0. The van der Waals surface area contributed by atoms with Crippen LogP contribution >= 0.6 is 0 Å². The van der Waals surface area contributed by atoms with E-state index in [0.29, 0.717) is 5.89 Å². The second kappa shape index (κ2) is 6.49. The Bertz CT molecular complexity index is 796. The Morgan fingerprint density at radius 2 is 2.08 bits per heavy atom. The standard InChI is InChI=1S/C20H29N3O3/c1-12-7-13-14(8-20(5,6)9-15(13)25-12)23-18(24)22-11-17-21-10-16(26-17)19(2,3)4/h7,10,14H,8-9,11H2,1-6H3,(H2,22,23,24). The lowest BCUT2D eigenvalue weighted by Crippen LogP contribution is -2.41. The average molecular weight is 359 g/mol. The number of oxazole rings is 1. The number of hydrogen-bond acceptors (Lipinski definition) is 4. The van der Waals surface area contributed by atoms with Gasteiger partial charge in [-0.1, -0.05) is 34.6 Å². The predicted octanol–water partition coefficient (Wildman–Crippen LogP) is 4.39. The number of nitrogens with zero attached hydrogens (tertiary/aromatic N) is 1. The zero-order chi connectivity index (χ0) is 19.1. The molecule has 6 heteroatoms. The largest absolute Gasteiger partial charge is 0.466 e. The van der Waals surface area contributed by atoms with E-state index in [9.17, 15) is 4.79 Å². The van der Waals surface area contributed by atoms with E-state index in [0.717, 1.165) is 35.7 Å². The number of carbonyl (C=O) groups excluding carboxylic acids is 1. The van der Waals surface area contributed by atoms with Crippen molar-refractivity contribution in [2.24, 2.45) is 5.41 Å². The zero-order valence-electron chi connectivity index (χ0n) is 16.5. The Morgan fingerprint density at radius 3 is 2.73 bits per heavy atom. The normalized spacial score (nSPS) is 19.1. The van der Waals surface area contributed by atoms with Gasteiger partial charge in [-0.05, 0) is 24.8 Å². The molecule has 142 valence electrons. The lowest BCUT2D eigenvalue weighted by atomic mass is 9.75. The molecular formula is C20H29N3O3. The van der Waals surface area contributed by atoms with Crippen LogP contribution in [0.15, 0.2) is 21.1 Å². The summed E-state index contributed by atoms with van der Waals surface area (Å²) in [4.78, 5) is 16.6. The molecule has 0 aromatic carbocycles. The fourth-order valence-electron chi connectivity index (χ4n) is 3.42. The molecule has 1 unspecified atom stereocenters. The van der Waals surface area contributed by atoms with Crippen molar-refractivity contribution in [3.05, 3.63) is 41.0 Å². The van der Waals surface area contributed by atoms with Crippen LogP contribution < -0.4 is 10.6 Å². The highest BCUT2D eigenvalue weighted by Crippen LogP contribution is 2.41. The molecule has 0 saturated heterocycles. The van der Waals surface area contributed by atoms with Crippen LogP contribution in [0.25, 0.3) is 0 Å². The van der Waals surface area contributed by atoms with E-state index >= 15 is 0 Å². The predicted molar refractivity (Wildman–Crippen MR) is 98.9 cm³/mol. The number of nitrogens with one attached hydrogen (secondary N) is 2. The van der Waals surface area contributed by atoms with Gasteiger partial charge in [0.1, 0.15) is 17.3 Å². The number of urea groups is 1. The molecule has 1 aliphatic rings. The van der Waals surface area contributed by atoms with Crippen LogP contribution in [0, 0.1) is 12.3 Å². The Kier molecular flexibility index (Phi) is 4.63. The van der Waals surface area contributed by atoms with Gasteiger partial charge in [0.05, 0.1) is 18.8 Å². The van der Waals surface area contributed by atoms with Crippen LogP contribution in [0.5, 0.6) is 0 Å². The number of amides is 2. The van der Waals surface area contributed by atoms with E-state index in [-0.39, 0.29) is 29.4 Å². The molecule has 6 nitrogen and oxygen atoms in total. The Balaban J connectivity index is 1.62. The first-order chi connectivity index (χ1) is 12.0. The van der Waals surface area contributed by atoms with Crippen LogP contribution in [0.2, 0.25) is 0 Å². The summed E-state index contributed by atoms with van der Waals surface area (Å²) in [6.07, 6.45) is 3.49. The van der Waals surface area contributed by atoms with Gasteiger partial charge in [-0.3, -0.25) is 0 Å². The van der Waals surface area contributed by atoms with E-state index in [1.165, 1.54) is 0 Å². The van der Waals surface area contributed by atoms with Gasteiger partial charge in [0.2, 0.25) is 5.89 Å². The van der Waals surface area contributed by atoms with Crippen LogP contribution in [0.4, 0.5) is 4.79 Å². The minimum atomic E-state index is -0.229. The van der Waals surface area contributed by atoms with Crippen LogP contribution in [0.1, 0.15) is 75.8 Å². The lowest BCUT2D eigenvalue weighted by Gasteiger charge is -2.34. The van der Waals surface area contributed by atoms with Crippen molar-refractivity contribution in [1.82, 2.24) is 15.6 Å². The van der Waals surface area contributed by atoms with Gasteiger partial charge < -0.3 is 19.5 Å². The molecule has 0 bridgehead atoms. The molecule has 2 aromatic heterocycles. The third-order valence-corrected chi connectivity index (χ3v) is 4.73. The number of fused-ring (bicyclic) bond motifs is 1. The van der Waals surface area contributed by atoms with E-state index in [4.69, 9.17) is 8.83 Å². The molecule has 0 saturated carbocycles. The summed E-state index contributed by atoms with van der Waals surface area (Å²) >= 11 is 0. The molecule has 1 aliphatic carbocycles. The van der Waals surface area contributed by atoms with Crippen molar-refractivity contribution in [2.75, 3.05) is 0 Å². The molecule has 1 atom stereocenters. The fraction of sp³-hybridized carbons (Fsp3) is 0.600. The van der Waals surface area contributed by atoms with Crippen molar-refractivity contribution in [2.45, 2.75) is 72.4 Å². The molecule has 2 N–H and O–H groups in total. The first-order valence-electron chi connectivity index (χ1n) is 9.12. The number of aryl methyl sites for hydroxylation is 1. The van der Waals surface area contributed by atoms with Gasteiger partial charge in [0.25, 0.3) is 0 Å². The fourth-order valence-corrected chi connectivity index (χ4v) is 3.42. The summed E-state index contributed by atoms with van der Waals surface area (Å²) in [6, 6.07) is 1.74. The molecule has 2 heterocycles. The van der Waals surface area contributed by atoms with Gasteiger partial charge in [-0.2, -0.15) is 0 Å². The summed E-state index contributed by atoms with van der Waals surface area (Å²) in [5, 5.41) is 5.91. The number of furan rings is 1. The molecule has 0 spiro atoms. The first-order valence-corrected chi connectivity index (χ1v) is 9.12. The summed E-state index contributed by atoms with van der Waals surface area (Å²) < 4.78 is 11.5. The second-order valence-corrected chi connectivity index (χ2v) is 9.03. The number of rotatable bonds is 3. The Labute approximate surface area is 154 Å².